The van der Waals surface area contributed by atoms with Crippen molar-refractivity contribution in [2.45, 2.75) is 32.7 Å². The lowest BCUT2D eigenvalue weighted by atomic mass is 9.96. The van der Waals surface area contributed by atoms with Crippen molar-refractivity contribution in [2.24, 2.45) is 5.92 Å². The Morgan fingerprint density at radius 2 is 2.14 bits per heavy atom. The summed E-state index contributed by atoms with van der Waals surface area (Å²) in [6, 6.07) is 4.58. The molecule has 1 aromatic heterocycles. The van der Waals surface area contributed by atoms with E-state index in [1.807, 2.05) is 13.2 Å². The van der Waals surface area contributed by atoms with Gasteiger partial charge in [-0.2, -0.15) is 0 Å². The highest BCUT2D eigenvalue weighted by Gasteiger charge is 2.20. The highest BCUT2D eigenvalue weighted by Crippen LogP contribution is 2.22. The lowest BCUT2D eigenvalue weighted by Gasteiger charge is -2.33. The number of anilines is 1. The van der Waals surface area contributed by atoms with E-state index < -0.39 is 0 Å². The molecule has 1 amide bonds. The topological polar surface area (TPSA) is 57.3 Å². The Hall–Kier alpha value is -1.62. The first-order valence-electron chi connectivity index (χ1n) is 7.72. The molecule has 1 aliphatic rings. The van der Waals surface area contributed by atoms with Crippen LogP contribution in [0.5, 0.6) is 0 Å². The molecule has 1 aromatic rings. The Labute approximate surface area is 127 Å². The first kappa shape index (κ1) is 15.8. The van der Waals surface area contributed by atoms with E-state index in [-0.39, 0.29) is 5.91 Å². The summed E-state index contributed by atoms with van der Waals surface area (Å²) < 4.78 is 0. The van der Waals surface area contributed by atoms with E-state index in [9.17, 15) is 4.79 Å². The fourth-order valence-corrected chi connectivity index (χ4v) is 2.66. The molecule has 1 fully saturated rings. The second-order valence-corrected chi connectivity index (χ2v) is 5.83. The summed E-state index contributed by atoms with van der Waals surface area (Å²) in [6.07, 6.45) is 4.17. The number of hydrogen-bond acceptors (Lipinski definition) is 4. The third-order valence-electron chi connectivity index (χ3n) is 4.28. The quantitative estimate of drug-likeness (QED) is 0.867. The fourth-order valence-electron chi connectivity index (χ4n) is 2.66. The first-order chi connectivity index (χ1) is 10.1. The molecule has 1 atom stereocenters. The second kappa shape index (κ2) is 7.41. The molecule has 2 rings (SSSR count). The van der Waals surface area contributed by atoms with Crippen molar-refractivity contribution < 1.29 is 4.79 Å². The Morgan fingerprint density at radius 3 is 2.67 bits per heavy atom. The van der Waals surface area contributed by atoms with Crippen LogP contribution in [-0.4, -0.2) is 37.6 Å². The van der Waals surface area contributed by atoms with Crippen LogP contribution in [-0.2, 0) is 4.79 Å². The Balaban J connectivity index is 1.86. The van der Waals surface area contributed by atoms with Gasteiger partial charge in [0.05, 0.1) is 0 Å². The first-order valence-corrected chi connectivity index (χ1v) is 7.72. The number of pyridine rings is 1. The van der Waals surface area contributed by atoms with Gasteiger partial charge in [-0.1, -0.05) is 6.07 Å². The summed E-state index contributed by atoms with van der Waals surface area (Å²) in [5, 5.41) is 6.14. The largest absolute Gasteiger partial charge is 0.357 e. The Kier molecular flexibility index (Phi) is 5.56. The summed E-state index contributed by atoms with van der Waals surface area (Å²) in [6.45, 7) is 6.53. The van der Waals surface area contributed by atoms with Crippen LogP contribution in [0.2, 0.25) is 0 Å². The minimum absolute atomic E-state index is 0.0633. The number of nitrogens with one attached hydrogen (secondary N) is 2. The zero-order valence-electron chi connectivity index (χ0n) is 13.2. The molecule has 0 aliphatic carbocycles. The predicted molar refractivity (Wildman–Crippen MR) is 85.3 cm³/mol. The van der Waals surface area contributed by atoms with E-state index in [0.717, 1.165) is 38.3 Å². The number of rotatable bonds is 5. The van der Waals surface area contributed by atoms with Crippen LogP contribution in [0.4, 0.5) is 5.82 Å². The van der Waals surface area contributed by atoms with Gasteiger partial charge in [0.1, 0.15) is 5.82 Å². The fraction of sp³-hybridized carbons (Fsp3) is 0.625. The molecule has 0 saturated carbocycles. The third kappa shape index (κ3) is 4.43. The lowest BCUT2D eigenvalue weighted by Crippen LogP contribution is -2.38. The number of carbonyl (C=O) groups excluding carboxylic acids is 1. The van der Waals surface area contributed by atoms with E-state index in [4.69, 9.17) is 0 Å². The van der Waals surface area contributed by atoms with E-state index in [1.165, 1.54) is 5.56 Å². The molecule has 2 heterocycles. The molecule has 1 saturated heterocycles. The molecular formula is C16H26N4O. The molecule has 0 spiro atoms. The molecule has 0 bridgehead atoms. The van der Waals surface area contributed by atoms with Crippen LogP contribution >= 0.6 is 0 Å². The lowest BCUT2D eigenvalue weighted by molar-refractivity contribution is -0.119. The van der Waals surface area contributed by atoms with Crippen LogP contribution in [0.25, 0.3) is 0 Å². The van der Waals surface area contributed by atoms with E-state index in [1.54, 1.807) is 6.92 Å². The molecule has 5 nitrogen and oxygen atoms in total. The minimum atomic E-state index is 0.0633. The number of nitrogens with zero attached hydrogens (tertiary/aromatic N) is 2. The van der Waals surface area contributed by atoms with Crippen molar-refractivity contribution in [1.82, 2.24) is 15.6 Å². The molecule has 116 valence electrons. The van der Waals surface area contributed by atoms with Crippen LogP contribution < -0.4 is 15.5 Å². The summed E-state index contributed by atoms with van der Waals surface area (Å²) in [4.78, 5) is 17.9. The maximum absolute atomic E-state index is 10.9. The molecule has 0 aromatic carbocycles. The van der Waals surface area contributed by atoms with Gasteiger partial charge in [-0.05, 0) is 44.4 Å². The van der Waals surface area contributed by atoms with Crippen LogP contribution in [0.1, 0.15) is 38.3 Å². The van der Waals surface area contributed by atoms with Crippen molar-refractivity contribution in [2.75, 3.05) is 31.6 Å². The van der Waals surface area contributed by atoms with Gasteiger partial charge in [-0.15, -0.1) is 0 Å². The molecular weight excluding hydrogens is 264 g/mol. The van der Waals surface area contributed by atoms with Crippen molar-refractivity contribution in [1.29, 1.82) is 0 Å². The SMILES string of the molecule is CNC(C)c1ccc(N2CCC(CNC(C)=O)CC2)nc1. The van der Waals surface area contributed by atoms with Crippen LogP contribution in [0.15, 0.2) is 18.3 Å². The van der Waals surface area contributed by atoms with Crippen LogP contribution in [0, 0.1) is 5.92 Å². The third-order valence-corrected chi connectivity index (χ3v) is 4.28. The van der Waals surface area contributed by atoms with Crippen LogP contribution in [0.3, 0.4) is 0 Å². The van der Waals surface area contributed by atoms with Crippen molar-refractivity contribution in [3.63, 3.8) is 0 Å². The zero-order valence-corrected chi connectivity index (χ0v) is 13.2. The molecule has 21 heavy (non-hydrogen) atoms. The van der Waals surface area contributed by atoms with Gasteiger partial charge in [0.2, 0.25) is 5.91 Å². The molecule has 1 aliphatic heterocycles. The van der Waals surface area contributed by atoms with E-state index in [0.29, 0.717) is 12.0 Å². The van der Waals surface area contributed by atoms with E-state index >= 15 is 0 Å². The van der Waals surface area contributed by atoms with E-state index in [2.05, 4.69) is 39.6 Å². The maximum Gasteiger partial charge on any atom is 0.216 e. The van der Waals surface area contributed by atoms with Gasteiger partial charge in [-0.3, -0.25) is 4.79 Å². The Morgan fingerprint density at radius 1 is 1.43 bits per heavy atom. The normalized spacial score (nSPS) is 17.6. The van der Waals surface area contributed by atoms with Gasteiger partial charge >= 0.3 is 0 Å². The molecule has 5 heteroatoms. The highest BCUT2D eigenvalue weighted by molar-refractivity contribution is 5.72. The average molecular weight is 290 g/mol. The number of hydrogen-bond donors (Lipinski definition) is 2. The molecule has 2 N–H and O–H groups in total. The standard InChI is InChI=1S/C16H26N4O/c1-12(17-3)15-4-5-16(19-11-15)20-8-6-14(7-9-20)10-18-13(2)21/h4-5,11-12,14,17H,6-10H2,1-3H3,(H,18,21). The smallest absolute Gasteiger partial charge is 0.216 e. The highest BCUT2D eigenvalue weighted by atomic mass is 16.1. The minimum Gasteiger partial charge on any atom is -0.357 e. The average Bonchev–Trinajstić information content (AvgIpc) is 2.53. The summed E-state index contributed by atoms with van der Waals surface area (Å²) in [5.74, 6) is 1.71. The molecule has 1 unspecified atom stereocenters. The maximum atomic E-state index is 10.9. The zero-order chi connectivity index (χ0) is 15.2. The summed E-state index contributed by atoms with van der Waals surface area (Å²) >= 11 is 0. The number of carbonyl (C=O) groups is 1. The van der Waals surface area contributed by atoms with Gasteiger partial charge in [0, 0.05) is 38.8 Å². The van der Waals surface area contributed by atoms with Crippen molar-refractivity contribution in [3.8, 4) is 0 Å². The number of piperidine rings is 1. The van der Waals surface area contributed by atoms with Gasteiger partial charge in [-0.25, -0.2) is 4.98 Å². The summed E-state index contributed by atoms with van der Waals surface area (Å²) in [5.41, 5.74) is 1.21. The monoisotopic (exact) mass is 290 g/mol. The second-order valence-electron chi connectivity index (χ2n) is 5.83. The van der Waals surface area contributed by atoms with Gasteiger partial charge < -0.3 is 15.5 Å². The predicted octanol–water partition coefficient (Wildman–Crippen LogP) is 1.71. The number of aromatic nitrogens is 1. The van der Waals surface area contributed by atoms with Crippen molar-refractivity contribution in [3.05, 3.63) is 23.9 Å². The number of amides is 1. The van der Waals surface area contributed by atoms with Crippen molar-refractivity contribution >= 4 is 11.7 Å². The summed E-state index contributed by atoms with van der Waals surface area (Å²) in [7, 11) is 1.96. The van der Waals surface area contributed by atoms with Gasteiger partial charge in [0.25, 0.3) is 0 Å². The van der Waals surface area contributed by atoms with Gasteiger partial charge in [0.15, 0.2) is 0 Å². The Bertz CT molecular complexity index is 452. The molecule has 0 radical (unpaired) electrons.